The standard InChI is InChI=1S/C29H34N2O2/c1-5-22(2)28(31(4)27(32)21-16-23-12-8-6-9-13-23)29(33)30(3)26-19-17-25(18-20-26)24-14-10-7-11-15-24/h6-15,17-20,22,28H,5,16,21H2,1-4H3/t22-,28-/m0/s1. The monoisotopic (exact) mass is 442 g/mol. The molecule has 0 aromatic heterocycles. The summed E-state index contributed by atoms with van der Waals surface area (Å²) in [5.41, 5.74) is 4.19. The summed E-state index contributed by atoms with van der Waals surface area (Å²) in [5, 5.41) is 0. The molecule has 0 fully saturated rings. The average molecular weight is 443 g/mol. The minimum Gasteiger partial charge on any atom is -0.333 e. The molecule has 0 saturated carbocycles. The summed E-state index contributed by atoms with van der Waals surface area (Å²) < 4.78 is 0. The van der Waals surface area contributed by atoms with Crippen LogP contribution in [0.25, 0.3) is 11.1 Å². The number of amides is 2. The van der Waals surface area contributed by atoms with Crippen molar-refractivity contribution in [2.45, 2.75) is 39.2 Å². The second kappa shape index (κ2) is 11.5. The minimum atomic E-state index is -0.503. The van der Waals surface area contributed by atoms with Gasteiger partial charge in [-0.1, -0.05) is 93.1 Å². The molecule has 0 aliphatic carbocycles. The van der Waals surface area contributed by atoms with E-state index < -0.39 is 6.04 Å². The molecule has 0 spiro atoms. The predicted molar refractivity (Wildman–Crippen MR) is 136 cm³/mol. The van der Waals surface area contributed by atoms with Gasteiger partial charge in [0.25, 0.3) is 0 Å². The molecule has 0 heterocycles. The van der Waals surface area contributed by atoms with Gasteiger partial charge in [-0.25, -0.2) is 0 Å². The second-order valence-electron chi connectivity index (χ2n) is 8.63. The topological polar surface area (TPSA) is 40.6 Å². The van der Waals surface area contributed by atoms with Crippen LogP contribution in [0, 0.1) is 5.92 Å². The van der Waals surface area contributed by atoms with Crippen molar-refractivity contribution >= 4 is 17.5 Å². The van der Waals surface area contributed by atoms with E-state index in [2.05, 4.69) is 19.1 Å². The minimum absolute atomic E-state index is 0.00896. The molecular weight excluding hydrogens is 408 g/mol. The fourth-order valence-corrected chi connectivity index (χ4v) is 4.08. The molecule has 172 valence electrons. The first-order valence-corrected chi connectivity index (χ1v) is 11.6. The first kappa shape index (κ1) is 24.2. The van der Waals surface area contributed by atoms with Gasteiger partial charge in [-0.3, -0.25) is 9.59 Å². The normalized spacial score (nSPS) is 12.6. The Balaban J connectivity index is 1.73. The zero-order valence-electron chi connectivity index (χ0n) is 20.1. The van der Waals surface area contributed by atoms with Crippen LogP contribution in [0.2, 0.25) is 0 Å². The molecule has 2 amide bonds. The number of rotatable bonds is 9. The summed E-state index contributed by atoms with van der Waals surface area (Å²) in [6.45, 7) is 4.10. The van der Waals surface area contributed by atoms with Gasteiger partial charge in [0.15, 0.2) is 0 Å². The summed E-state index contributed by atoms with van der Waals surface area (Å²) >= 11 is 0. The zero-order chi connectivity index (χ0) is 23.8. The van der Waals surface area contributed by atoms with E-state index >= 15 is 0 Å². The number of carbonyl (C=O) groups is 2. The molecule has 0 aliphatic heterocycles. The number of benzene rings is 3. The van der Waals surface area contributed by atoms with Crippen LogP contribution >= 0.6 is 0 Å². The Morgan fingerprint density at radius 2 is 1.33 bits per heavy atom. The van der Waals surface area contributed by atoms with Gasteiger partial charge in [0.05, 0.1) is 0 Å². The van der Waals surface area contributed by atoms with Crippen LogP contribution in [0.1, 0.15) is 32.3 Å². The lowest BCUT2D eigenvalue weighted by molar-refractivity contribution is -0.139. The summed E-state index contributed by atoms with van der Waals surface area (Å²) in [7, 11) is 3.55. The molecule has 4 heteroatoms. The number of anilines is 1. The van der Waals surface area contributed by atoms with Gasteiger partial charge in [0.2, 0.25) is 11.8 Å². The van der Waals surface area contributed by atoms with Crippen LogP contribution < -0.4 is 4.90 Å². The van der Waals surface area contributed by atoms with Gasteiger partial charge >= 0.3 is 0 Å². The van der Waals surface area contributed by atoms with Crippen LogP contribution in [0.5, 0.6) is 0 Å². The van der Waals surface area contributed by atoms with Crippen LogP contribution in [0.4, 0.5) is 5.69 Å². The Morgan fingerprint density at radius 1 is 0.788 bits per heavy atom. The molecule has 3 aromatic rings. The van der Waals surface area contributed by atoms with E-state index in [1.54, 1.807) is 23.9 Å². The van der Waals surface area contributed by atoms with Crippen LogP contribution in [-0.4, -0.2) is 36.9 Å². The van der Waals surface area contributed by atoms with Gasteiger partial charge in [0.1, 0.15) is 6.04 Å². The van der Waals surface area contributed by atoms with Crippen molar-refractivity contribution in [3.05, 3.63) is 90.5 Å². The van der Waals surface area contributed by atoms with Crippen LogP contribution in [0.15, 0.2) is 84.9 Å². The Bertz CT molecular complexity index is 1030. The highest BCUT2D eigenvalue weighted by atomic mass is 16.2. The molecule has 4 nitrogen and oxygen atoms in total. The number of hydrogen-bond acceptors (Lipinski definition) is 2. The SMILES string of the molecule is CC[C@H](C)[C@@H](C(=O)N(C)c1ccc(-c2ccccc2)cc1)N(C)C(=O)CCc1ccccc1. The van der Waals surface area contributed by atoms with Crippen molar-refractivity contribution in [1.29, 1.82) is 0 Å². The van der Waals surface area contributed by atoms with E-state index in [0.717, 1.165) is 28.8 Å². The quantitative estimate of drug-likeness (QED) is 0.419. The number of nitrogens with zero attached hydrogens (tertiary/aromatic N) is 2. The van der Waals surface area contributed by atoms with Crippen molar-refractivity contribution in [1.82, 2.24) is 4.90 Å². The van der Waals surface area contributed by atoms with Crippen LogP contribution in [-0.2, 0) is 16.0 Å². The van der Waals surface area contributed by atoms with Gasteiger partial charge in [-0.05, 0) is 41.2 Å². The Hall–Kier alpha value is -3.40. The second-order valence-corrected chi connectivity index (χ2v) is 8.63. The van der Waals surface area contributed by atoms with E-state index in [0.29, 0.717) is 12.8 Å². The number of hydrogen-bond donors (Lipinski definition) is 0. The highest BCUT2D eigenvalue weighted by Crippen LogP contribution is 2.25. The smallest absolute Gasteiger partial charge is 0.249 e. The Kier molecular flexibility index (Phi) is 8.42. The summed E-state index contributed by atoms with van der Waals surface area (Å²) in [4.78, 5) is 29.9. The maximum Gasteiger partial charge on any atom is 0.249 e. The molecule has 0 bridgehead atoms. The fourth-order valence-electron chi connectivity index (χ4n) is 4.08. The molecular formula is C29H34N2O2. The highest BCUT2D eigenvalue weighted by molar-refractivity contribution is 5.99. The maximum absolute atomic E-state index is 13.6. The van der Waals surface area contributed by atoms with Crippen molar-refractivity contribution in [3.63, 3.8) is 0 Å². The first-order valence-electron chi connectivity index (χ1n) is 11.6. The molecule has 0 saturated heterocycles. The van der Waals surface area contributed by atoms with Gasteiger partial charge in [-0.2, -0.15) is 0 Å². The molecule has 2 atom stereocenters. The van der Waals surface area contributed by atoms with E-state index in [1.807, 2.05) is 79.7 Å². The van der Waals surface area contributed by atoms with E-state index in [1.165, 1.54) is 0 Å². The Morgan fingerprint density at radius 3 is 1.91 bits per heavy atom. The summed E-state index contributed by atoms with van der Waals surface area (Å²) in [6, 6.07) is 27.6. The number of aryl methyl sites for hydroxylation is 1. The molecule has 3 rings (SSSR count). The van der Waals surface area contributed by atoms with Gasteiger partial charge in [-0.15, -0.1) is 0 Å². The largest absolute Gasteiger partial charge is 0.333 e. The van der Waals surface area contributed by atoms with E-state index in [9.17, 15) is 9.59 Å². The lowest BCUT2D eigenvalue weighted by Gasteiger charge is -2.34. The highest BCUT2D eigenvalue weighted by Gasteiger charge is 2.33. The lowest BCUT2D eigenvalue weighted by atomic mass is 9.95. The first-order chi connectivity index (χ1) is 15.9. The third-order valence-corrected chi connectivity index (χ3v) is 6.41. The molecule has 0 radical (unpaired) electrons. The lowest BCUT2D eigenvalue weighted by Crippen LogP contribution is -2.51. The number of likely N-dealkylation sites (N-methyl/N-ethyl adjacent to an activating group) is 2. The fraction of sp³-hybridized carbons (Fsp3) is 0.310. The van der Waals surface area contributed by atoms with Crippen molar-refractivity contribution in [2.75, 3.05) is 19.0 Å². The summed E-state index contributed by atoms with van der Waals surface area (Å²) in [5.74, 6) is -0.0214. The van der Waals surface area contributed by atoms with E-state index in [-0.39, 0.29) is 17.7 Å². The molecule has 0 N–H and O–H groups in total. The van der Waals surface area contributed by atoms with Crippen molar-refractivity contribution in [2.24, 2.45) is 5.92 Å². The van der Waals surface area contributed by atoms with Crippen LogP contribution in [0.3, 0.4) is 0 Å². The zero-order valence-corrected chi connectivity index (χ0v) is 20.1. The average Bonchev–Trinajstić information content (AvgIpc) is 2.87. The third-order valence-electron chi connectivity index (χ3n) is 6.41. The van der Waals surface area contributed by atoms with Gasteiger partial charge in [0, 0.05) is 26.2 Å². The Labute approximate surface area is 197 Å². The molecule has 33 heavy (non-hydrogen) atoms. The van der Waals surface area contributed by atoms with Crippen molar-refractivity contribution < 1.29 is 9.59 Å². The van der Waals surface area contributed by atoms with Crippen molar-refractivity contribution in [3.8, 4) is 11.1 Å². The predicted octanol–water partition coefficient (Wildman–Crippen LogP) is 5.82. The summed E-state index contributed by atoms with van der Waals surface area (Å²) in [6.07, 6.45) is 1.87. The molecule has 3 aromatic carbocycles. The maximum atomic E-state index is 13.6. The molecule has 0 aliphatic rings. The van der Waals surface area contributed by atoms with E-state index in [4.69, 9.17) is 0 Å². The molecule has 0 unspecified atom stereocenters. The number of carbonyl (C=O) groups excluding carboxylic acids is 2. The van der Waals surface area contributed by atoms with Gasteiger partial charge < -0.3 is 9.80 Å². The third kappa shape index (κ3) is 6.10.